The topological polar surface area (TPSA) is 103 Å². The highest BCUT2D eigenvalue weighted by Crippen LogP contribution is 2.24. The third-order valence-electron chi connectivity index (χ3n) is 2.76. The fraction of sp³-hybridized carbons (Fsp3) is 0.214. The number of anilines is 2. The number of aromatic nitrogens is 1. The van der Waals surface area contributed by atoms with Gasteiger partial charge in [-0.2, -0.15) is 0 Å². The number of nitrogens with one attached hydrogen (secondary N) is 1. The van der Waals surface area contributed by atoms with Gasteiger partial charge in [-0.25, -0.2) is 4.98 Å². The van der Waals surface area contributed by atoms with Gasteiger partial charge in [0.1, 0.15) is 18.2 Å². The summed E-state index contributed by atoms with van der Waals surface area (Å²) in [6.45, 7) is 2.51. The predicted octanol–water partition coefficient (Wildman–Crippen LogP) is 2.38. The molecule has 0 saturated carbocycles. The zero-order valence-corrected chi connectivity index (χ0v) is 11.6. The van der Waals surface area contributed by atoms with Gasteiger partial charge in [-0.15, -0.1) is 0 Å². The van der Waals surface area contributed by atoms with Gasteiger partial charge in [-0.05, 0) is 19.1 Å². The molecule has 1 heterocycles. The van der Waals surface area contributed by atoms with Crippen LogP contribution in [0.2, 0.25) is 0 Å². The van der Waals surface area contributed by atoms with E-state index in [-0.39, 0.29) is 5.69 Å². The monoisotopic (exact) mass is 288 g/mol. The second-order valence-corrected chi connectivity index (χ2v) is 4.40. The Kier molecular flexibility index (Phi) is 4.68. The van der Waals surface area contributed by atoms with Crippen LogP contribution in [0.25, 0.3) is 0 Å². The molecular weight excluding hydrogens is 272 g/mol. The van der Waals surface area contributed by atoms with Gasteiger partial charge in [0.05, 0.1) is 11.0 Å². The summed E-state index contributed by atoms with van der Waals surface area (Å²) in [5.74, 6) is 1.08. The van der Waals surface area contributed by atoms with E-state index in [2.05, 4.69) is 10.3 Å². The van der Waals surface area contributed by atoms with Crippen LogP contribution in [0.3, 0.4) is 0 Å². The van der Waals surface area contributed by atoms with Crippen molar-refractivity contribution in [3.63, 3.8) is 0 Å². The van der Waals surface area contributed by atoms with Crippen molar-refractivity contribution in [2.75, 3.05) is 18.5 Å². The van der Waals surface area contributed by atoms with Crippen LogP contribution in [0.15, 0.2) is 36.5 Å². The van der Waals surface area contributed by atoms with E-state index in [0.29, 0.717) is 30.3 Å². The van der Waals surface area contributed by atoms with Crippen molar-refractivity contribution in [1.29, 1.82) is 0 Å². The van der Waals surface area contributed by atoms with Gasteiger partial charge in [0.15, 0.2) is 0 Å². The maximum absolute atomic E-state index is 10.9. The minimum atomic E-state index is -0.428. The average molecular weight is 288 g/mol. The molecule has 2 aromatic rings. The Morgan fingerprint density at radius 2 is 2.24 bits per heavy atom. The number of aryl methyl sites for hydroxylation is 1. The summed E-state index contributed by atoms with van der Waals surface area (Å²) < 4.78 is 5.42. The quantitative estimate of drug-likeness (QED) is 0.624. The highest BCUT2D eigenvalue weighted by Gasteiger charge is 2.12. The minimum absolute atomic E-state index is 0.0306. The molecule has 0 aliphatic heterocycles. The molecule has 0 unspecified atom stereocenters. The number of nitrogens with zero attached hydrogens (tertiary/aromatic N) is 2. The van der Waals surface area contributed by atoms with Crippen molar-refractivity contribution in [1.82, 2.24) is 4.98 Å². The average Bonchev–Trinajstić information content (AvgIpc) is 2.47. The molecule has 21 heavy (non-hydrogen) atoms. The first kappa shape index (κ1) is 14.7. The van der Waals surface area contributed by atoms with Crippen molar-refractivity contribution >= 4 is 17.2 Å². The number of rotatable bonds is 6. The maximum atomic E-state index is 10.9. The fourth-order valence-electron chi connectivity index (χ4n) is 1.77. The molecule has 2 rings (SSSR count). The van der Waals surface area contributed by atoms with Crippen molar-refractivity contribution in [2.24, 2.45) is 5.73 Å². The van der Waals surface area contributed by atoms with Gasteiger partial charge >= 0.3 is 0 Å². The van der Waals surface area contributed by atoms with Crippen LogP contribution < -0.4 is 15.8 Å². The molecule has 7 heteroatoms. The molecule has 0 spiro atoms. The van der Waals surface area contributed by atoms with E-state index >= 15 is 0 Å². The van der Waals surface area contributed by atoms with Crippen LogP contribution in [0.1, 0.15) is 5.56 Å². The number of ether oxygens (including phenoxy) is 1. The zero-order chi connectivity index (χ0) is 15.2. The highest BCUT2D eigenvalue weighted by molar-refractivity contribution is 5.61. The van der Waals surface area contributed by atoms with E-state index in [0.717, 1.165) is 5.69 Å². The van der Waals surface area contributed by atoms with Gasteiger partial charge in [0.2, 0.25) is 0 Å². The lowest BCUT2D eigenvalue weighted by molar-refractivity contribution is -0.385. The van der Waals surface area contributed by atoms with E-state index in [1.807, 2.05) is 18.2 Å². The van der Waals surface area contributed by atoms with Crippen molar-refractivity contribution in [2.45, 2.75) is 6.92 Å². The van der Waals surface area contributed by atoms with Crippen LogP contribution in [-0.4, -0.2) is 23.1 Å². The van der Waals surface area contributed by atoms with Crippen LogP contribution in [0.5, 0.6) is 5.75 Å². The summed E-state index contributed by atoms with van der Waals surface area (Å²) >= 11 is 0. The van der Waals surface area contributed by atoms with Gasteiger partial charge < -0.3 is 15.8 Å². The molecule has 0 radical (unpaired) electrons. The lowest BCUT2D eigenvalue weighted by atomic mass is 10.2. The highest BCUT2D eigenvalue weighted by atomic mass is 16.6. The third-order valence-corrected chi connectivity index (χ3v) is 2.76. The molecule has 1 aromatic heterocycles. The second kappa shape index (κ2) is 6.67. The molecule has 3 N–H and O–H groups in total. The molecule has 0 atom stereocenters. The summed E-state index contributed by atoms with van der Waals surface area (Å²) in [7, 11) is 0. The van der Waals surface area contributed by atoms with Crippen molar-refractivity contribution in [3.05, 3.63) is 52.2 Å². The number of hydrogen-bond donors (Lipinski definition) is 2. The van der Waals surface area contributed by atoms with E-state index in [9.17, 15) is 10.1 Å². The van der Waals surface area contributed by atoms with Gasteiger partial charge in [-0.1, -0.05) is 6.07 Å². The second-order valence-electron chi connectivity index (χ2n) is 4.40. The van der Waals surface area contributed by atoms with E-state index < -0.39 is 4.92 Å². The normalized spacial score (nSPS) is 10.2. The van der Waals surface area contributed by atoms with Crippen LogP contribution in [0.4, 0.5) is 17.2 Å². The zero-order valence-electron chi connectivity index (χ0n) is 11.6. The van der Waals surface area contributed by atoms with Crippen LogP contribution in [-0.2, 0) is 0 Å². The largest absolute Gasteiger partial charge is 0.492 e. The Hall–Kier alpha value is -2.67. The minimum Gasteiger partial charge on any atom is -0.492 e. The first-order chi connectivity index (χ1) is 10.1. The predicted molar refractivity (Wildman–Crippen MR) is 79.9 cm³/mol. The molecule has 0 bridgehead atoms. The number of nitro groups is 1. The third kappa shape index (κ3) is 3.90. The summed E-state index contributed by atoms with van der Waals surface area (Å²) in [6.07, 6.45) is 1.47. The van der Waals surface area contributed by atoms with E-state index in [4.69, 9.17) is 10.5 Å². The fourth-order valence-corrected chi connectivity index (χ4v) is 1.77. The lowest BCUT2D eigenvalue weighted by Crippen LogP contribution is -2.10. The number of benzene rings is 1. The smallest absolute Gasteiger partial charge is 0.277 e. The van der Waals surface area contributed by atoms with Crippen LogP contribution in [0, 0.1) is 17.0 Å². The van der Waals surface area contributed by atoms with Gasteiger partial charge in [0, 0.05) is 30.1 Å². The van der Waals surface area contributed by atoms with Gasteiger partial charge in [0.25, 0.3) is 5.69 Å². The number of nitrogens with two attached hydrogens (primary N) is 1. The Bertz CT molecular complexity index is 646. The Balaban J connectivity index is 2.18. The molecule has 1 aromatic carbocycles. The lowest BCUT2D eigenvalue weighted by Gasteiger charge is -2.09. The number of pyridine rings is 1. The molecule has 110 valence electrons. The summed E-state index contributed by atoms with van der Waals surface area (Å²) in [4.78, 5) is 14.6. The molecular formula is C14H16N4O3. The molecule has 0 amide bonds. The summed E-state index contributed by atoms with van der Waals surface area (Å²) in [5, 5.41) is 13.9. The van der Waals surface area contributed by atoms with Crippen molar-refractivity contribution in [3.8, 4) is 5.75 Å². The summed E-state index contributed by atoms with van der Waals surface area (Å²) in [5.41, 5.74) is 6.66. The first-order valence-electron chi connectivity index (χ1n) is 6.41. The van der Waals surface area contributed by atoms with Crippen molar-refractivity contribution < 1.29 is 9.66 Å². The standard InChI is InChI=1S/C14H16N4O3/c1-10-9-16-14(8-13(10)18(19)20)17-11-3-2-4-12(7-11)21-6-5-15/h2-4,7-9H,5-6,15H2,1H3,(H,16,17). The Morgan fingerprint density at radius 1 is 1.43 bits per heavy atom. The Labute approximate surface area is 121 Å². The first-order valence-corrected chi connectivity index (χ1v) is 6.41. The molecule has 0 fully saturated rings. The summed E-state index contributed by atoms with van der Waals surface area (Å²) in [6, 6.07) is 8.64. The Morgan fingerprint density at radius 3 is 2.95 bits per heavy atom. The molecule has 0 saturated heterocycles. The van der Waals surface area contributed by atoms with E-state index in [1.165, 1.54) is 12.3 Å². The molecule has 7 nitrogen and oxygen atoms in total. The van der Waals surface area contributed by atoms with E-state index in [1.54, 1.807) is 13.0 Å². The van der Waals surface area contributed by atoms with Crippen LogP contribution >= 0.6 is 0 Å². The SMILES string of the molecule is Cc1cnc(Nc2cccc(OCCN)c2)cc1[N+](=O)[O-]. The maximum Gasteiger partial charge on any atom is 0.277 e. The molecule has 0 aliphatic carbocycles. The number of hydrogen-bond acceptors (Lipinski definition) is 6. The van der Waals surface area contributed by atoms with Gasteiger partial charge in [-0.3, -0.25) is 10.1 Å². The molecule has 0 aliphatic rings.